The third-order valence-corrected chi connectivity index (χ3v) is 4.68. The van der Waals surface area contributed by atoms with Crippen LogP contribution in [0.2, 0.25) is 0 Å². The van der Waals surface area contributed by atoms with E-state index in [9.17, 15) is 19.2 Å². The smallest absolute Gasteiger partial charge is 0.251 e. The summed E-state index contributed by atoms with van der Waals surface area (Å²) in [5.74, 6) is -1.55. The maximum absolute atomic E-state index is 12.6. The van der Waals surface area contributed by atoms with Gasteiger partial charge in [-0.2, -0.15) is 0 Å². The second kappa shape index (κ2) is 12.4. The van der Waals surface area contributed by atoms with Gasteiger partial charge in [-0.15, -0.1) is 0 Å². The molecule has 0 aliphatic rings. The second-order valence-electron chi connectivity index (χ2n) is 6.76. The van der Waals surface area contributed by atoms with Gasteiger partial charge in [0.25, 0.3) is 5.91 Å². The van der Waals surface area contributed by atoms with Crippen molar-refractivity contribution in [3.8, 4) is 0 Å². The summed E-state index contributed by atoms with van der Waals surface area (Å²) in [6.45, 7) is 5.78. The van der Waals surface area contributed by atoms with E-state index in [0.29, 0.717) is 28.8 Å². The van der Waals surface area contributed by atoms with Gasteiger partial charge in [0.15, 0.2) is 0 Å². The third kappa shape index (κ3) is 8.36. The van der Waals surface area contributed by atoms with E-state index in [1.807, 2.05) is 22.6 Å². The molecular formula is C19H28IN5O4. The molecule has 1 aromatic rings. The molecule has 0 unspecified atom stereocenters. The standard InChI is InChI=1S/C19H28IN5O4/c1-11(2)16(19(29)23-12(3)17(27)22-9-8-21)25-18(28)13-4-6-14(7-5-13)24-15(26)10-20/h4-7,11-12,16H,8-10,21H2,1-3H3,(H,22,27)(H,23,29)(H,24,26)(H,25,28)/t12-,16-/m0/s1. The van der Waals surface area contributed by atoms with Gasteiger partial charge in [-0.05, 0) is 37.1 Å². The molecule has 160 valence electrons. The number of nitrogens with two attached hydrogens (primary N) is 1. The molecule has 4 amide bonds. The van der Waals surface area contributed by atoms with Gasteiger partial charge < -0.3 is 27.0 Å². The van der Waals surface area contributed by atoms with Gasteiger partial charge >= 0.3 is 0 Å². The van der Waals surface area contributed by atoms with Gasteiger partial charge in [0.05, 0.1) is 4.43 Å². The van der Waals surface area contributed by atoms with Crippen molar-refractivity contribution in [2.45, 2.75) is 32.9 Å². The summed E-state index contributed by atoms with van der Waals surface area (Å²) < 4.78 is 0.327. The van der Waals surface area contributed by atoms with Gasteiger partial charge in [0.1, 0.15) is 12.1 Å². The number of anilines is 1. The molecule has 0 aliphatic heterocycles. The van der Waals surface area contributed by atoms with E-state index < -0.39 is 23.9 Å². The first-order chi connectivity index (χ1) is 13.7. The van der Waals surface area contributed by atoms with E-state index in [1.165, 1.54) is 0 Å². The summed E-state index contributed by atoms with van der Waals surface area (Å²) in [7, 11) is 0. The summed E-state index contributed by atoms with van der Waals surface area (Å²) in [5, 5.41) is 10.6. The molecule has 0 radical (unpaired) electrons. The maximum Gasteiger partial charge on any atom is 0.251 e. The summed E-state index contributed by atoms with van der Waals surface area (Å²) in [6, 6.07) is 4.80. The monoisotopic (exact) mass is 517 g/mol. The van der Waals surface area contributed by atoms with Crippen molar-refractivity contribution in [3.63, 3.8) is 0 Å². The highest BCUT2D eigenvalue weighted by atomic mass is 127. The number of hydrogen-bond donors (Lipinski definition) is 5. The molecule has 10 heteroatoms. The van der Waals surface area contributed by atoms with Crippen molar-refractivity contribution in [3.05, 3.63) is 29.8 Å². The molecule has 9 nitrogen and oxygen atoms in total. The number of carbonyl (C=O) groups excluding carboxylic acids is 4. The van der Waals surface area contributed by atoms with Crippen LogP contribution in [0.5, 0.6) is 0 Å². The van der Waals surface area contributed by atoms with Crippen LogP contribution in [-0.2, 0) is 14.4 Å². The number of hydrogen-bond acceptors (Lipinski definition) is 5. The summed E-state index contributed by atoms with van der Waals surface area (Å²) >= 11 is 1.96. The van der Waals surface area contributed by atoms with Gasteiger partial charge in [-0.25, -0.2) is 0 Å². The van der Waals surface area contributed by atoms with Crippen molar-refractivity contribution in [2.75, 3.05) is 22.8 Å². The SMILES string of the molecule is CC(C)[C@H](NC(=O)c1ccc(NC(=O)CI)cc1)C(=O)N[C@@H](C)C(=O)NCCN. The molecule has 0 fully saturated rings. The molecule has 6 N–H and O–H groups in total. The molecule has 0 saturated carbocycles. The van der Waals surface area contributed by atoms with Crippen molar-refractivity contribution in [1.82, 2.24) is 16.0 Å². The Hall–Kier alpha value is -2.21. The minimum atomic E-state index is -0.814. The van der Waals surface area contributed by atoms with Crippen molar-refractivity contribution >= 4 is 51.9 Å². The van der Waals surface area contributed by atoms with E-state index >= 15 is 0 Å². The number of benzene rings is 1. The van der Waals surface area contributed by atoms with Crippen LogP contribution in [0.15, 0.2) is 24.3 Å². The van der Waals surface area contributed by atoms with E-state index in [1.54, 1.807) is 45.0 Å². The van der Waals surface area contributed by atoms with Gasteiger partial charge in [-0.3, -0.25) is 19.2 Å². The van der Waals surface area contributed by atoms with Crippen molar-refractivity contribution in [1.29, 1.82) is 0 Å². The lowest BCUT2D eigenvalue weighted by atomic mass is 10.0. The number of carbonyl (C=O) groups is 4. The van der Waals surface area contributed by atoms with E-state index in [-0.39, 0.29) is 17.7 Å². The number of alkyl halides is 1. The normalized spacial score (nSPS) is 12.6. The Morgan fingerprint density at radius 1 is 1.00 bits per heavy atom. The van der Waals surface area contributed by atoms with Crippen molar-refractivity contribution < 1.29 is 19.2 Å². The Bertz CT molecular complexity index is 724. The lowest BCUT2D eigenvalue weighted by Gasteiger charge is -2.24. The second-order valence-corrected chi connectivity index (χ2v) is 7.53. The van der Waals surface area contributed by atoms with Gasteiger partial charge in [-0.1, -0.05) is 36.4 Å². The fourth-order valence-corrected chi connectivity index (χ4v) is 2.57. The quantitative estimate of drug-likeness (QED) is 0.226. The lowest BCUT2D eigenvalue weighted by molar-refractivity contribution is -0.130. The molecule has 0 heterocycles. The van der Waals surface area contributed by atoms with Crippen molar-refractivity contribution in [2.24, 2.45) is 11.7 Å². The molecule has 0 spiro atoms. The molecular weight excluding hydrogens is 489 g/mol. The molecule has 29 heavy (non-hydrogen) atoms. The number of rotatable bonds is 10. The molecule has 0 saturated heterocycles. The molecule has 0 bridgehead atoms. The van der Waals surface area contributed by atoms with Crippen LogP contribution in [0.3, 0.4) is 0 Å². The zero-order valence-electron chi connectivity index (χ0n) is 16.8. The first-order valence-corrected chi connectivity index (χ1v) is 10.8. The Kier molecular flexibility index (Phi) is 10.6. The Morgan fingerprint density at radius 2 is 1.62 bits per heavy atom. The van der Waals surface area contributed by atoms with Gasteiger partial charge in [0, 0.05) is 24.3 Å². The highest BCUT2D eigenvalue weighted by Gasteiger charge is 2.27. The number of nitrogens with one attached hydrogen (secondary N) is 4. The van der Waals surface area contributed by atoms with E-state index in [2.05, 4.69) is 21.3 Å². The van der Waals surface area contributed by atoms with Crippen LogP contribution < -0.4 is 27.0 Å². The van der Waals surface area contributed by atoms with Crippen LogP contribution in [0.4, 0.5) is 5.69 Å². The minimum absolute atomic E-state index is 0.135. The van der Waals surface area contributed by atoms with Gasteiger partial charge in [0.2, 0.25) is 17.7 Å². The average Bonchev–Trinajstić information content (AvgIpc) is 2.69. The largest absolute Gasteiger partial charge is 0.353 e. The summed E-state index contributed by atoms with van der Waals surface area (Å²) in [5.41, 5.74) is 6.28. The third-order valence-electron chi connectivity index (χ3n) is 3.98. The number of amides is 4. The Balaban J connectivity index is 2.75. The molecule has 1 rings (SSSR count). The summed E-state index contributed by atoms with van der Waals surface area (Å²) in [6.07, 6.45) is 0. The Labute approximate surface area is 184 Å². The highest BCUT2D eigenvalue weighted by Crippen LogP contribution is 2.11. The highest BCUT2D eigenvalue weighted by molar-refractivity contribution is 14.1. The summed E-state index contributed by atoms with van der Waals surface area (Å²) in [4.78, 5) is 48.4. The van der Waals surface area contributed by atoms with Crippen LogP contribution in [-0.4, -0.2) is 53.2 Å². The average molecular weight is 517 g/mol. The first-order valence-electron chi connectivity index (χ1n) is 9.24. The fourth-order valence-electron chi connectivity index (χ4n) is 2.38. The molecule has 0 aliphatic carbocycles. The zero-order chi connectivity index (χ0) is 22.0. The van der Waals surface area contributed by atoms with Crippen LogP contribution >= 0.6 is 22.6 Å². The Morgan fingerprint density at radius 3 is 2.14 bits per heavy atom. The molecule has 1 aromatic carbocycles. The topological polar surface area (TPSA) is 142 Å². The zero-order valence-corrected chi connectivity index (χ0v) is 18.9. The fraction of sp³-hybridized carbons (Fsp3) is 0.474. The molecule has 0 aromatic heterocycles. The first kappa shape index (κ1) is 24.8. The van der Waals surface area contributed by atoms with Crippen LogP contribution in [0, 0.1) is 5.92 Å². The maximum atomic E-state index is 12.6. The number of halogens is 1. The lowest BCUT2D eigenvalue weighted by Crippen LogP contribution is -2.54. The van der Waals surface area contributed by atoms with E-state index in [0.717, 1.165) is 0 Å². The van der Waals surface area contributed by atoms with E-state index in [4.69, 9.17) is 5.73 Å². The van der Waals surface area contributed by atoms with Crippen LogP contribution in [0.25, 0.3) is 0 Å². The van der Waals surface area contributed by atoms with Crippen LogP contribution in [0.1, 0.15) is 31.1 Å². The predicted molar refractivity (Wildman–Crippen MR) is 120 cm³/mol. The molecule has 2 atom stereocenters. The predicted octanol–water partition coefficient (Wildman–Crippen LogP) is 0.394. The minimum Gasteiger partial charge on any atom is -0.353 e.